The molecule has 0 saturated carbocycles. The van der Waals surface area contributed by atoms with Crippen molar-refractivity contribution >= 4 is 45.0 Å². The van der Waals surface area contributed by atoms with Gasteiger partial charge in [-0.25, -0.2) is 4.98 Å². The molecule has 11 heteroatoms. The Kier molecular flexibility index (Phi) is 6.09. The zero-order chi connectivity index (χ0) is 17.3. The minimum Gasteiger partial charge on any atom is -0.406 e. The number of nitrogens with two attached hydrogens (primary N) is 1. The molecular formula is C14H15ClF3N3O3S. The maximum absolute atomic E-state index is 12.2. The summed E-state index contributed by atoms with van der Waals surface area (Å²) in [5, 5.41) is 2.92. The average Bonchev–Trinajstić information content (AvgIpc) is 3.10. The molecule has 2 aromatic rings. The second-order valence-corrected chi connectivity index (χ2v) is 6.28. The number of rotatable bonds is 4. The van der Waals surface area contributed by atoms with Crippen LogP contribution in [0.5, 0.6) is 5.75 Å². The predicted molar refractivity (Wildman–Crippen MR) is 89.1 cm³/mol. The quantitative estimate of drug-likeness (QED) is 0.828. The molecule has 1 aliphatic heterocycles. The van der Waals surface area contributed by atoms with Crippen LogP contribution in [-0.2, 0) is 9.53 Å². The number of benzene rings is 1. The highest BCUT2D eigenvalue weighted by atomic mass is 35.5. The van der Waals surface area contributed by atoms with Crippen LogP contribution < -0.4 is 15.8 Å². The number of hydrogen-bond acceptors (Lipinski definition) is 6. The first-order chi connectivity index (χ1) is 11.3. The van der Waals surface area contributed by atoms with Crippen molar-refractivity contribution in [3.8, 4) is 5.75 Å². The number of nitrogens with zero attached hydrogens (tertiary/aromatic N) is 1. The third-order valence-electron chi connectivity index (χ3n) is 3.49. The Labute approximate surface area is 150 Å². The normalized spacial score (nSPS) is 20.3. The first kappa shape index (κ1) is 19.7. The number of anilines is 1. The maximum atomic E-state index is 12.2. The number of fused-ring (bicyclic) bond motifs is 1. The zero-order valence-electron chi connectivity index (χ0n) is 12.7. The van der Waals surface area contributed by atoms with Crippen LogP contribution in [-0.4, -0.2) is 36.0 Å². The van der Waals surface area contributed by atoms with Gasteiger partial charge in [0, 0.05) is 12.6 Å². The van der Waals surface area contributed by atoms with Gasteiger partial charge in [-0.3, -0.25) is 10.1 Å². The van der Waals surface area contributed by atoms with Crippen molar-refractivity contribution in [2.24, 2.45) is 5.73 Å². The summed E-state index contributed by atoms with van der Waals surface area (Å²) >= 11 is 1.06. The summed E-state index contributed by atoms with van der Waals surface area (Å²) in [5.74, 6) is -0.668. The number of thiazole rings is 1. The molecule has 2 atom stereocenters. The molecule has 3 rings (SSSR count). The molecule has 2 heterocycles. The van der Waals surface area contributed by atoms with E-state index in [2.05, 4.69) is 15.0 Å². The highest BCUT2D eigenvalue weighted by Gasteiger charge is 2.32. The van der Waals surface area contributed by atoms with E-state index in [-0.39, 0.29) is 30.2 Å². The van der Waals surface area contributed by atoms with Crippen LogP contribution in [0.2, 0.25) is 0 Å². The number of hydrogen-bond donors (Lipinski definition) is 2. The fraction of sp³-hybridized carbons (Fsp3) is 0.429. The Hall–Kier alpha value is -1.62. The topological polar surface area (TPSA) is 86.5 Å². The molecule has 0 bridgehead atoms. The zero-order valence-corrected chi connectivity index (χ0v) is 14.3. The molecule has 1 fully saturated rings. The van der Waals surface area contributed by atoms with Gasteiger partial charge in [0.25, 0.3) is 5.91 Å². The number of halogens is 4. The summed E-state index contributed by atoms with van der Waals surface area (Å²) in [6.07, 6.45) is -4.18. The SMILES string of the molecule is Cl.NC[C@H]1CC[C@@H](C(=O)Nc2nc3ccc(OC(F)(F)F)cc3s2)O1. The fourth-order valence-corrected chi connectivity index (χ4v) is 3.31. The predicted octanol–water partition coefficient (Wildman–Crippen LogP) is 3.06. The Morgan fingerprint density at radius 3 is 2.84 bits per heavy atom. The number of ether oxygens (including phenoxy) is 2. The van der Waals surface area contributed by atoms with Gasteiger partial charge >= 0.3 is 6.36 Å². The lowest BCUT2D eigenvalue weighted by molar-refractivity contribution is -0.274. The summed E-state index contributed by atoms with van der Waals surface area (Å²) in [6, 6.07) is 3.80. The van der Waals surface area contributed by atoms with Gasteiger partial charge in [-0.15, -0.1) is 25.6 Å². The second kappa shape index (κ2) is 7.73. The standard InChI is InChI=1S/C14H14F3N3O3S.ClH/c15-14(16,17)23-7-1-3-9-11(5-7)24-13(19-9)20-12(21)10-4-2-8(6-18)22-10;/h1,3,5,8,10H,2,4,6,18H2,(H,19,20,21);1H/t8-,10+;/m1./s1. The van der Waals surface area contributed by atoms with Crippen molar-refractivity contribution < 1.29 is 27.4 Å². The molecule has 3 N–H and O–H groups in total. The van der Waals surface area contributed by atoms with E-state index in [1.807, 2.05) is 0 Å². The number of carbonyl (C=O) groups excluding carboxylic acids is 1. The fourth-order valence-electron chi connectivity index (χ4n) is 2.41. The van der Waals surface area contributed by atoms with Gasteiger partial charge in [0.1, 0.15) is 11.9 Å². The molecular weight excluding hydrogens is 383 g/mol. The molecule has 0 radical (unpaired) electrons. The number of carbonyl (C=O) groups is 1. The summed E-state index contributed by atoms with van der Waals surface area (Å²) in [7, 11) is 0. The smallest absolute Gasteiger partial charge is 0.406 e. The summed E-state index contributed by atoms with van der Waals surface area (Å²) in [5.41, 5.74) is 5.97. The van der Waals surface area contributed by atoms with Crippen molar-refractivity contribution in [3.63, 3.8) is 0 Å². The number of aromatic nitrogens is 1. The third kappa shape index (κ3) is 4.94. The Bertz CT molecular complexity index is 756. The lowest BCUT2D eigenvalue weighted by Crippen LogP contribution is -2.29. The van der Waals surface area contributed by atoms with E-state index in [1.165, 1.54) is 18.2 Å². The summed E-state index contributed by atoms with van der Waals surface area (Å²) < 4.78 is 46.5. The molecule has 1 aromatic carbocycles. The maximum Gasteiger partial charge on any atom is 0.573 e. The van der Waals surface area contributed by atoms with E-state index < -0.39 is 12.5 Å². The molecule has 1 saturated heterocycles. The number of alkyl halides is 3. The van der Waals surface area contributed by atoms with E-state index in [1.54, 1.807) is 0 Å². The second-order valence-electron chi connectivity index (χ2n) is 5.25. The summed E-state index contributed by atoms with van der Waals surface area (Å²) in [6.45, 7) is 0.354. The van der Waals surface area contributed by atoms with Gasteiger partial charge in [0.05, 0.1) is 16.3 Å². The Morgan fingerprint density at radius 2 is 2.20 bits per heavy atom. The first-order valence-corrected chi connectivity index (χ1v) is 7.98. The van der Waals surface area contributed by atoms with Crippen molar-refractivity contribution in [1.82, 2.24) is 4.98 Å². The molecule has 0 aliphatic carbocycles. The number of amides is 1. The molecule has 1 aromatic heterocycles. The molecule has 0 unspecified atom stereocenters. The van der Waals surface area contributed by atoms with Gasteiger partial charge in [0.15, 0.2) is 5.13 Å². The van der Waals surface area contributed by atoms with Crippen molar-refractivity contribution in [1.29, 1.82) is 0 Å². The van der Waals surface area contributed by atoms with Gasteiger partial charge < -0.3 is 15.2 Å². The minimum absolute atomic E-state index is 0. The molecule has 0 spiro atoms. The van der Waals surface area contributed by atoms with Crippen LogP contribution in [0.3, 0.4) is 0 Å². The minimum atomic E-state index is -4.76. The van der Waals surface area contributed by atoms with E-state index in [0.717, 1.165) is 11.3 Å². The monoisotopic (exact) mass is 397 g/mol. The highest BCUT2D eigenvalue weighted by molar-refractivity contribution is 7.22. The van der Waals surface area contributed by atoms with E-state index in [9.17, 15) is 18.0 Å². The van der Waals surface area contributed by atoms with Crippen LogP contribution in [0.1, 0.15) is 12.8 Å². The Balaban J connectivity index is 0.00000225. The van der Waals surface area contributed by atoms with Crippen LogP contribution in [0.15, 0.2) is 18.2 Å². The molecule has 25 heavy (non-hydrogen) atoms. The molecule has 1 amide bonds. The van der Waals surface area contributed by atoms with Crippen LogP contribution in [0.25, 0.3) is 10.2 Å². The van der Waals surface area contributed by atoms with Crippen LogP contribution >= 0.6 is 23.7 Å². The van der Waals surface area contributed by atoms with E-state index in [4.69, 9.17) is 10.5 Å². The Morgan fingerprint density at radius 1 is 1.44 bits per heavy atom. The first-order valence-electron chi connectivity index (χ1n) is 7.17. The van der Waals surface area contributed by atoms with Crippen LogP contribution in [0.4, 0.5) is 18.3 Å². The lowest BCUT2D eigenvalue weighted by Gasteiger charge is -2.10. The third-order valence-corrected chi connectivity index (χ3v) is 4.42. The summed E-state index contributed by atoms with van der Waals surface area (Å²) in [4.78, 5) is 16.3. The lowest BCUT2D eigenvalue weighted by atomic mass is 10.2. The van der Waals surface area contributed by atoms with Gasteiger partial charge in [-0.05, 0) is 25.0 Å². The van der Waals surface area contributed by atoms with Gasteiger partial charge in [0.2, 0.25) is 0 Å². The van der Waals surface area contributed by atoms with Crippen molar-refractivity contribution in [2.75, 3.05) is 11.9 Å². The van der Waals surface area contributed by atoms with Gasteiger partial charge in [-0.2, -0.15) is 0 Å². The van der Waals surface area contributed by atoms with E-state index in [0.29, 0.717) is 34.7 Å². The number of nitrogens with one attached hydrogen (secondary N) is 1. The molecule has 1 aliphatic rings. The van der Waals surface area contributed by atoms with Gasteiger partial charge in [-0.1, -0.05) is 11.3 Å². The molecule has 138 valence electrons. The molecule has 6 nitrogen and oxygen atoms in total. The average molecular weight is 398 g/mol. The van der Waals surface area contributed by atoms with Crippen LogP contribution in [0, 0.1) is 0 Å². The van der Waals surface area contributed by atoms with E-state index >= 15 is 0 Å². The van der Waals surface area contributed by atoms with Crippen molar-refractivity contribution in [3.05, 3.63) is 18.2 Å². The van der Waals surface area contributed by atoms with Crippen molar-refractivity contribution in [2.45, 2.75) is 31.4 Å². The highest BCUT2D eigenvalue weighted by Crippen LogP contribution is 2.32. The largest absolute Gasteiger partial charge is 0.573 e.